The lowest BCUT2D eigenvalue weighted by Crippen LogP contribution is -2.34. The average molecular weight is 279 g/mol. The Morgan fingerprint density at radius 1 is 1.14 bits per heavy atom. The van der Waals surface area contributed by atoms with E-state index >= 15 is 0 Å². The molecule has 1 aliphatic carbocycles. The summed E-state index contributed by atoms with van der Waals surface area (Å²) in [5.74, 6) is 0.214. The van der Waals surface area contributed by atoms with Crippen molar-refractivity contribution in [2.45, 2.75) is 32.6 Å². The van der Waals surface area contributed by atoms with E-state index in [4.69, 9.17) is 0 Å². The monoisotopic (exact) mass is 279 g/mol. The number of para-hydroxylation sites is 1. The predicted molar refractivity (Wildman–Crippen MR) is 88.1 cm³/mol. The van der Waals surface area contributed by atoms with Crippen LogP contribution in [0.5, 0.6) is 0 Å². The fourth-order valence-corrected chi connectivity index (χ4v) is 2.96. The normalized spacial score (nSPS) is 18.6. The standard InChI is InChI=1S/C19H21NO/c1-2-7-19(21)20-14-17-10-4-3-8-15(17)12-13-16-9-5-6-11-18(16)20/h5-6,8-13H,2-4,7,14H2,1H3/b13-12-. The number of rotatable bonds is 2. The summed E-state index contributed by atoms with van der Waals surface area (Å²) in [5.41, 5.74) is 4.69. The van der Waals surface area contributed by atoms with Gasteiger partial charge in [-0.15, -0.1) is 0 Å². The number of anilines is 1. The van der Waals surface area contributed by atoms with Crippen molar-refractivity contribution in [3.05, 3.63) is 59.2 Å². The molecule has 108 valence electrons. The first kappa shape index (κ1) is 13.9. The molecule has 0 unspecified atom stereocenters. The van der Waals surface area contributed by atoms with E-state index in [2.05, 4.69) is 37.3 Å². The van der Waals surface area contributed by atoms with Gasteiger partial charge in [-0.3, -0.25) is 4.79 Å². The van der Waals surface area contributed by atoms with Crippen LogP contribution in [0, 0.1) is 0 Å². The molecular weight excluding hydrogens is 258 g/mol. The third-order valence-corrected chi connectivity index (χ3v) is 4.06. The summed E-state index contributed by atoms with van der Waals surface area (Å²) in [6.45, 7) is 2.74. The molecule has 0 N–H and O–H groups in total. The van der Waals surface area contributed by atoms with Gasteiger partial charge in [0.15, 0.2) is 0 Å². The first-order chi connectivity index (χ1) is 10.3. The molecular formula is C19H21NO. The fraction of sp³-hybridized carbons (Fsp3) is 0.316. The van der Waals surface area contributed by atoms with E-state index in [0.29, 0.717) is 13.0 Å². The lowest BCUT2D eigenvalue weighted by atomic mass is 9.94. The minimum Gasteiger partial charge on any atom is -0.307 e. The maximum atomic E-state index is 12.6. The number of benzene rings is 1. The van der Waals surface area contributed by atoms with Crippen LogP contribution in [0.1, 0.15) is 38.2 Å². The molecule has 0 atom stereocenters. The van der Waals surface area contributed by atoms with Gasteiger partial charge in [-0.25, -0.2) is 0 Å². The highest BCUT2D eigenvalue weighted by Gasteiger charge is 2.21. The van der Waals surface area contributed by atoms with Crippen LogP contribution in [0.2, 0.25) is 0 Å². The number of allylic oxidation sites excluding steroid dienone is 3. The SMILES string of the molecule is CCCC(=O)N1CC2=CCCC=C2/C=C\c2ccccc21. The van der Waals surface area contributed by atoms with Crippen molar-refractivity contribution in [1.29, 1.82) is 0 Å². The summed E-state index contributed by atoms with van der Waals surface area (Å²) in [6, 6.07) is 8.16. The highest BCUT2D eigenvalue weighted by Crippen LogP contribution is 2.31. The molecule has 1 amide bonds. The molecule has 0 aromatic heterocycles. The van der Waals surface area contributed by atoms with E-state index in [1.165, 1.54) is 11.1 Å². The van der Waals surface area contributed by atoms with E-state index in [1.807, 2.05) is 23.1 Å². The lowest BCUT2D eigenvalue weighted by molar-refractivity contribution is -0.118. The van der Waals surface area contributed by atoms with Crippen LogP contribution in [0.4, 0.5) is 5.69 Å². The lowest BCUT2D eigenvalue weighted by Gasteiger charge is -2.29. The van der Waals surface area contributed by atoms with Crippen molar-refractivity contribution in [3.63, 3.8) is 0 Å². The van der Waals surface area contributed by atoms with Gasteiger partial charge in [0.1, 0.15) is 0 Å². The number of hydrogen-bond donors (Lipinski definition) is 0. The van der Waals surface area contributed by atoms with Crippen LogP contribution < -0.4 is 4.90 Å². The largest absolute Gasteiger partial charge is 0.307 e. The zero-order chi connectivity index (χ0) is 14.7. The third-order valence-electron chi connectivity index (χ3n) is 4.06. The summed E-state index contributed by atoms with van der Waals surface area (Å²) in [7, 11) is 0. The van der Waals surface area contributed by atoms with E-state index in [9.17, 15) is 4.79 Å². The number of amides is 1. The van der Waals surface area contributed by atoms with Crippen LogP contribution in [-0.4, -0.2) is 12.5 Å². The van der Waals surface area contributed by atoms with Gasteiger partial charge in [0.05, 0.1) is 12.2 Å². The van der Waals surface area contributed by atoms with Gasteiger partial charge >= 0.3 is 0 Å². The van der Waals surface area contributed by atoms with Crippen molar-refractivity contribution in [2.24, 2.45) is 0 Å². The van der Waals surface area contributed by atoms with Crippen LogP contribution in [0.15, 0.2) is 53.6 Å². The molecule has 21 heavy (non-hydrogen) atoms. The second kappa shape index (κ2) is 6.13. The molecule has 1 heterocycles. The van der Waals surface area contributed by atoms with Crippen molar-refractivity contribution >= 4 is 17.7 Å². The molecule has 0 radical (unpaired) electrons. The number of fused-ring (bicyclic) bond motifs is 2. The highest BCUT2D eigenvalue weighted by molar-refractivity contribution is 5.96. The highest BCUT2D eigenvalue weighted by atomic mass is 16.2. The summed E-state index contributed by atoms with van der Waals surface area (Å²) in [4.78, 5) is 14.5. The maximum Gasteiger partial charge on any atom is 0.227 e. The number of carbonyl (C=O) groups excluding carboxylic acids is 1. The Kier molecular flexibility index (Phi) is 4.05. The molecule has 3 rings (SSSR count). The van der Waals surface area contributed by atoms with Gasteiger partial charge in [-0.05, 0) is 42.0 Å². The zero-order valence-corrected chi connectivity index (χ0v) is 12.5. The van der Waals surface area contributed by atoms with Crippen molar-refractivity contribution in [3.8, 4) is 0 Å². The van der Waals surface area contributed by atoms with Crippen LogP contribution in [0.25, 0.3) is 6.08 Å². The van der Waals surface area contributed by atoms with Crippen molar-refractivity contribution < 1.29 is 4.79 Å². The topological polar surface area (TPSA) is 20.3 Å². The molecule has 2 aliphatic rings. The molecule has 0 saturated carbocycles. The number of hydrogen-bond acceptors (Lipinski definition) is 1. The zero-order valence-electron chi connectivity index (χ0n) is 12.5. The fourth-order valence-electron chi connectivity index (χ4n) is 2.96. The van der Waals surface area contributed by atoms with Gasteiger partial charge in [-0.1, -0.05) is 49.4 Å². The van der Waals surface area contributed by atoms with Gasteiger partial charge in [0.25, 0.3) is 0 Å². The number of carbonyl (C=O) groups is 1. The first-order valence-electron chi connectivity index (χ1n) is 7.76. The number of nitrogens with zero attached hydrogens (tertiary/aromatic N) is 1. The second-order valence-corrected chi connectivity index (χ2v) is 5.59. The van der Waals surface area contributed by atoms with Crippen LogP contribution in [-0.2, 0) is 4.79 Å². The molecule has 1 aromatic carbocycles. The molecule has 1 aromatic rings. The Morgan fingerprint density at radius 3 is 2.81 bits per heavy atom. The molecule has 1 aliphatic heterocycles. The second-order valence-electron chi connectivity index (χ2n) is 5.59. The Morgan fingerprint density at radius 2 is 1.95 bits per heavy atom. The quantitative estimate of drug-likeness (QED) is 0.781. The molecule has 0 spiro atoms. The van der Waals surface area contributed by atoms with Gasteiger partial charge in [0.2, 0.25) is 5.91 Å². The van der Waals surface area contributed by atoms with E-state index < -0.39 is 0 Å². The predicted octanol–water partition coefficient (Wildman–Crippen LogP) is 4.49. The maximum absolute atomic E-state index is 12.6. The Hall–Kier alpha value is -2.09. The molecule has 0 fully saturated rings. The van der Waals surface area contributed by atoms with Crippen LogP contribution >= 0.6 is 0 Å². The van der Waals surface area contributed by atoms with Crippen LogP contribution in [0.3, 0.4) is 0 Å². The minimum absolute atomic E-state index is 0.214. The van der Waals surface area contributed by atoms with Gasteiger partial charge in [0, 0.05) is 6.42 Å². The summed E-state index contributed by atoms with van der Waals surface area (Å²) >= 11 is 0. The molecule has 2 heteroatoms. The van der Waals surface area contributed by atoms with Gasteiger partial charge in [-0.2, -0.15) is 0 Å². The van der Waals surface area contributed by atoms with E-state index in [0.717, 1.165) is 30.5 Å². The summed E-state index contributed by atoms with van der Waals surface area (Å²) in [5, 5.41) is 0. The van der Waals surface area contributed by atoms with Gasteiger partial charge < -0.3 is 4.90 Å². The molecule has 2 nitrogen and oxygen atoms in total. The van der Waals surface area contributed by atoms with E-state index in [1.54, 1.807) is 0 Å². The Balaban J connectivity index is 2.06. The summed E-state index contributed by atoms with van der Waals surface area (Å²) in [6.07, 6.45) is 12.5. The van der Waals surface area contributed by atoms with Crippen molar-refractivity contribution in [1.82, 2.24) is 0 Å². The summed E-state index contributed by atoms with van der Waals surface area (Å²) < 4.78 is 0. The first-order valence-corrected chi connectivity index (χ1v) is 7.76. The molecule has 0 bridgehead atoms. The smallest absolute Gasteiger partial charge is 0.227 e. The van der Waals surface area contributed by atoms with E-state index in [-0.39, 0.29) is 5.91 Å². The van der Waals surface area contributed by atoms with Crippen molar-refractivity contribution in [2.75, 3.05) is 11.4 Å². The Bertz CT molecular complexity index is 637. The average Bonchev–Trinajstić information content (AvgIpc) is 2.50. The Labute approximate surface area is 126 Å². The molecule has 0 saturated heterocycles. The minimum atomic E-state index is 0.214. The third kappa shape index (κ3) is 2.85.